The highest BCUT2D eigenvalue weighted by Gasteiger charge is 2.32. The quantitative estimate of drug-likeness (QED) is 0.159. The van der Waals surface area contributed by atoms with Crippen LogP contribution in [0.5, 0.6) is 0 Å². The molecular formula is C29H34BClFN3O6. The molecule has 0 bridgehead atoms. The first-order chi connectivity index (χ1) is 19.2. The van der Waals surface area contributed by atoms with Crippen molar-refractivity contribution in [3.8, 4) is 11.1 Å². The van der Waals surface area contributed by atoms with Crippen LogP contribution in [-0.4, -0.2) is 51.9 Å². The van der Waals surface area contributed by atoms with Crippen LogP contribution in [0.2, 0.25) is 11.8 Å². The number of amides is 1. The van der Waals surface area contributed by atoms with Crippen LogP contribution in [0, 0.1) is 24.6 Å². The van der Waals surface area contributed by atoms with E-state index >= 15 is 0 Å². The third kappa shape index (κ3) is 9.24. The summed E-state index contributed by atoms with van der Waals surface area (Å²) < 4.78 is 19.7. The first-order valence-corrected chi connectivity index (χ1v) is 13.6. The van der Waals surface area contributed by atoms with Gasteiger partial charge in [-0.3, -0.25) is 14.4 Å². The third-order valence-corrected chi connectivity index (χ3v) is 6.90. The molecule has 1 heterocycles. The number of Topliss-reactive ketones (excluding diaryl/α,β-unsaturated/α-hetero) is 1. The van der Waals surface area contributed by atoms with Gasteiger partial charge < -0.3 is 25.1 Å². The van der Waals surface area contributed by atoms with Crippen molar-refractivity contribution in [2.45, 2.75) is 52.4 Å². The molecule has 1 aromatic heterocycles. The smallest absolute Gasteiger partial charge is 0.374 e. The molecule has 0 spiro atoms. The van der Waals surface area contributed by atoms with Crippen molar-refractivity contribution in [2.24, 2.45) is 11.8 Å². The number of rotatable bonds is 14. The number of carbonyl (C=O) groups is 3. The number of aliphatic carboxylic acids is 1. The average molecular weight is 586 g/mol. The minimum absolute atomic E-state index is 0.0303. The molecule has 0 saturated carbocycles. The van der Waals surface area contributed by atoms with Gasteiger partial charge in [-0.05, 0) is 75.7 Å². The van der Waals surface area contributed by atoms with Crippen LogP contribution in [0.1, 0.15) is 48.7 Å². The maximum absolute atomic E-state index is 14.3. The van der Waals surface area contributed by atoms with Crippen LogP contribution < -0.4 is 10.5 Å². The van der Waals surface area contributed by atoms with Crippen molar-refractivity contribution in [3.05, 3.63) is 76.7 Å². The van der Waals surface area contributed by atoms with Crippen molar-refractivity contribution < 1.29 is 33.3 Å². The number of nitrogens with one attached hydrogen (secondary N) is 2. The highest BCUT2D eigenvalue weighted by Crippen LogP contribution is 2.28. The summed E-state index contributed by atoms with van der Waals surface area (Å²) in [6.07, 6.45) is 1.83. The normalized spacial score (nSPS) is 13.0. The van der Waals surface area contributed by atoms with Crippen molar-refractivity contribution >= 4 is 36.3 Å². The van der Waals surface area contributed by atoms with Gasteiger partial charge in [-0.2, -0.15) is 0 Å². The van der Waals surface area contributed by atoms with Crippen molar-refractivity contribution in [1.29, 1.82) is 0 Å². The number of hydrogen-bond acceptors (Lipinski definition) is 7. The first-order valence-electron chi connectivity index (χ1n) is 13.2. The summed E-state index contributed by atoms with van der Waals surface area (Å²) >= 11 is 6.03. The van der Waals surface area contributed by atoms with Crippen LogP contribution in [-0.2, 0) is 16.0 Å². The van der Waals surface area contributed by atoms with Crippen LogP contribution in [0.4, 0.5) is 4.39 Å². The number of carbonyl (C=O) groups excluding carboxylic acids is 2. The van der Waals surface area contributed by atoms with Crippen molar-refractivity contribution in [3.63, 3.8) is 0 Å². The molecular weight excluding hydrogens is 552 g/mol. The Bertz CT molecular complexity index is 1380. The topological polar surface area (TPSA) is 142 Å². The molecule has 0 aliphatic rings. The van der Waals surface area contributed by atoms with E-state index in [-0.39, 0.29) is 31.1 Å². The molecule has 3 rings (SSSR count). The van der Waals surface area contributed by atoms with Crippen molar-refractivity contribution in [1.82, 2.24) is 15.5 Å². The first kappa shape index (κ1) is 32.0. The molecule has 0 saturated heterocycles. The molecule has 218 valence electrons. The number of hydrogen-bond donors (Lipinski definition) is 4. The standard InChI is InChI=1S/C29H34BClFN3O6/c1-17-15-33-26(41-17)25(36)13-19(12-21(27(37)38)16-34-28(39)29(2,3)35-30(4)40)11-18-5-7-20(8-6-18)23-14-22(31)9-10-24(23)32/h5-10,14-15,19,21,35,40H,11-13,16H2,1-4H3,(H,34,39)(H,37,38)/t19-,21+/m1/s1. The number of nitrogens with zero attached hydrogens (tertiary/aromatic N) is 1. The van der Waals surface area contributed by atoms with Crippen molar-refractivity contribution in [2.75, 3.05) is 6.54 Å². The fraction of sp³-hybridized carbons (Fsp3) is 0.379. The lowest BCUT2D eigenvalue weighted by Gasteiger charge is -2.27. The van der Waals surface area contributed by atoms with Gasteiger partial charge >= 0.3 is 13.0 Å². The number of carboxylic acids is 1. The Morgan fingerprint density at radius 3 is 2.44 bits per heavy atom. The zero-order valence-electron chi connectivity index (χ0n) is 23.4. The molecule has 9 nitrogen and oxygen atoms in total. The second kappa shape index (κ2) is 13.9. The van der Waals surface area contributed by atoms with Crippen LogP contribution in [0.25, 0.3) is 11.1 Å². The molecule has 41 heavy (non-hydrogen) atoms. The molecule has 0 aliphatic heterocycles. The Morgan fingerprint density at radius 2 is 1.85 bits per heavy atom. The monoisotopic (exact) mass is 585 g/mol. The van der Waals surface area contributed by atoms with E-state index in [1.807, 2.05) is 0 Å². The minimum atomic E-state index is -1.14. The summed E-state index contributed by atoms with van der Waals surface area (Å²) in [6.45, 7) is 6.12. The van der Waals surface area contributed by atoms with E-state index in [2.05, 4.69) is 15.5 Å². The summed E-state index contributed by atoms with van der Waals surface area (Å²) in [6, 6.07) is 11.4. The fourth-order valence-electron chi connectivity index (χ4n) is 4.64. The Morgan fingerprint density at radius 1 is 1.17 bits per heavy atom. The second-order valence-corrected chi connectivity index (χ2v) is 11.2. The van der Waals surface area contributed by atoms with E-state index in [4.69, 9.17) is 16.0 Å². The van der Waals surface area contributed by atoms with Gasteiger partial charge in [0.2, 0.25) is 11.7 Å². The molecule has 0 radical (unpaired) electrons. The highest BCUT2D eigenvalue weighted by atomic mass is 35.5. The maximum Gasteiger partial charge on any atom is 0.374 e. The molecule has 0 aliphatic carbocycles. The Labute approximate surface area is 243 Å². The van der Waals surface area contributed by atoms with Gasteiger partial charge in [0.15, 0.2) is 0 Å². The zero-order valence-corrected chi connectivity index (χ0v) is 24.2. The number of oxazole rings is 1. The molecule has 4 N–H and O–H groups in total. The van der Waals surface area contributed by atoms with Gasteiger partial charge in [-0.1, -0.05) is 35.9 Å². The third-order valence-electron chi connectivity index (χ3n) is 6.67. The van der Waals surface area contributed by atoms with Gasteiger partial charge in [0, 0.05) is 23.6 Å². The molecule has 12 heteroatoms. The van der Waals surface area contributed by atoms with Gasteiger partial charge in [-0.25, -0.2) is 9.37 Å². The highest BCUT2D eigenvalue weighted by molar-refractivity contribution is 6.46. The summed E-state index contributed by atoms with van der Waals surface area (Å²) in [5.74, 6) is -3.38. The SMILES string of the molecule is CB(O)NC(C)(C)C(=O)NC[C@H](C[C@H](CC(=O)c1ncc(C)o1)Cc1ccc(-c2cc(Cl)ccc2F)cc1)C(=O)O. The summed E-state index contributed by atoms with van der Waals surface area (Å²) in [4.78, 5) is 41.8. The molecule has 0 unspecified atom stereocenters. The summed E-state index contributed by atoms with van der Waals surface area (Å²) in [7, 11) is -0.943. The van der Waals surface area contributed by atoms with E-state index in [0.29, 0.717) is 28.3 Å². The average Bonchev–Trinajstić information content (AvgIpc) is 3.33. The van der Waals surface area contributed by atoms with E-state index in [1.165, 1.54) is 31.2 Å². The second-order valence-electron chi connectivity index (χ2n) is 10.7. The lowest BCUT2D eigenvalue weighted by molar-refractivity contribution is -0.142. The number of ketones is 1. The number of halogens is 2. The number of aryl methyl sites for hydroxylation is 1. The molecule has 2 atom stereocenters. The van der Waals surface area contributed by atoms with E-state index < -0.39 is 42.1 Å². The van der Waals surface area contributed by atoms with Crippen LogP contribution in [0.3, 0.4) is 0 Å². The van der Waals surface area contributed by atoms with Gasteiger partial charge in [0.05, 0.1) is 17.7 Å². The lowest BCUT2D eigenvalue weighted by Crippen LogP contribution is -2.57. The van der Waals surface area contributed by atoms with E-state index in [1.54, 1.807) is 45.0 Å². The molecule has 3 aromatic rings. The molecule has 2 aromatic carbocycles. The Kier molecular flexibility index (Phi) is 10.8. The predicted octanol–water partition coefficient (Wildman–Crippen LogP) is 4.56. The van der Waals surface area contributed by atoms with Gasteiger partial charge in [0.1, 0.15) is 11.6 Å². The summed E-state index contributed by atoms with van der Waals surface area (Å²) in [5, 5.41) is 25.3. The Hall–Kier alpha value is -3.54. The predicted molar refractivity (Wildman–Crippen MR) is 154 cm³/mol. The molecule has 1 amide bonds. The number of benzene rings is 2. The largest absolute Gasteiger partial charge is 0.481 e. The Balaban J connectivity index is 1.79. The lowest BCUT2D eigenvalue weighted by atomic mass is 9.83. The fourth-order valence-corrected chi connectivity index (χ4v) is 4.81. The van der Waals surface area contributed by atoms with E-state index in [9.17, 15) is 28.9 Å². The summed E-state index contributed by atoms with van der Waals surface area (Å²) in [5.41, 5.74) is 0.647. The van der Waals surface area contributed by atoms with Gasteiger partial charge in [-0.15, -0.1) is 0 Å². The zero-order chi connectivity index (χ0) is 30.3. The number of carboxylic acid groups (broad SMARTS) is 1. The van der Waals surface area contributed by atoms with Gasteiger partial charge in [0.25, 0.3) is 5.89 Å². The van der Waals surface area contributed by atoms with Crippen LogP contribution in [0.15, 0.2) is 53.1 Å². The maximum atomic E-state index is 14.3. The van der Waals surface area contributed by atoms with Crippen LogP contribution >= 0.6 is 11.6 Å². The van der Waals surface area contributed by atoms with E-state index in [0.717, 1.165) is 5.56 Å². The number of aromatic nitrogens is 1. The minimum Gasteiger partial charge on any atom is -0.481 e. The molecule has 0 fully saturated rings.